The van der Waals surface area contributed by atoms with E-state index in [2.05, 4.69) is 0 Å². The van der Waals surface area contributed by atoms with E-state index < -0.39 is 21.6 Å². The van der Waals surface area contributed by atoms with Crippen molar-refractivity contribution in [3.8, 4) is 5.75 Å². The summed E-state index contributed by atoms with van der Waals surface area (Å²) < 4.78 is 43.8. The van der Waals surface area contributed by atoms with Crippen LogP contribution in [-0.2, 0) is 28.4 Å². The largest absolute Gasteiger partial charge is 0.497 e. The number of aromatic nitrogens is 1. The second-order valence-corrected chi connectivity index (χ2v) is 8.73. The number of esters is 1. The Labute approximate surface area is 179 Å². The van der Waals surface area contributed by atoms with Crippen molar-refractivity contribution in [1.29, 1.82) is 0 Å². The Bertz CT molecular complexity index is 1270. The molecular weight excluding hydrogens is 424 g/mol. The van der Waals surface area contributed by atoms with Crippen LogP contribution in [0.4, 0.5) is 0 Å². The molecule has 166 valence electrons. The van der Waals surface area contributed by atoms with Crippen molar-refractivity contribution >= 4 is 27.0 Å². The summed E-state index contributed by atoms with van der Waals surface area (Å²) >= 11 is 0. The van der Waals surface area contributed by atoms with Gasteiger partial charge in [0.15, 0.2) is 0 Å². The third-order valence-electron chi connectivity index (χ3n) is 4.93. The van der Waals surface area contributed by atoms with Gasteiger partial charge in [0.25, 0.3) is 0 Å². The van der Waals surface area contributed by atoms with Gasteiger partial charge in [-0.05, 0) is 18.2 Å². The van der Waals surface area contributed by atoms with Crippen molar-refractivity contribution in [2.24, 2.45) is 7.05 Å². The Balaban J connectivity index is 1.85. The summed E-state index contributed by atoms with van der Waals surface area (Å²) in [4.78, 5) is 24.5. The summed E-state index contributed by atoms with van der Waals surface area (Å²) in [6.07, 6.45) is 1.38. The Morgan fingerprint density at radius 3 is 2.52 bits per heavy atom. The van der Waals surface area contributed by atoms with Crippen LogP contribution in [0.5, 0.6) is 5.75 Å². The molecule has 10 heteroatoms. The van der Waals surface area contributed by atoms with Crippen LogP contribution in [0.1, 0.15) is 29.9 Å². The molecule has 0 spiro atoms. The number of ether oxygens (including phenoxy) is 2. The minimum Gasteiger partial charge on any atom is -0.497 e. The number of fused-ring (bicyclic) bond motifs is 1. The zero-order valence-corrected chi connectivity index (χ0v) is 18.6. The lowest BCUT2D eigenvalue weighted by atomic mass is 10.1. The highest BCUT2D eigenvalue weighted by Crippen LogP contribution is 2.24. The maximum absolute atomic E-state index is 12.7. The first-order valence-electron chi connectivity index (χ1n) is 9.65. The maximum Gasteiger partial charge on any atom is 0.355 e. The van der Waals surface area contributed by atoms with Crippen molar-refractivity contribution in [1.82, 2.24) is 8.87 Å². The summed E-state index contributed by atoms with van der Waals surface area (Å²) in [6.45, 7) is 3.95. The molecule has 0 radical (unpaired) electrons. The molecule has 0 fully saturated rings. The molecule has 0 aliphatic rings. The quantitative estimate of drug-likeness (QED) is 0.385. The number of hydrogen-bond acceptors (Lipinski definition) is 7. The highest BCUT2D eigenvalue weighted by Gasteiger charge is 2.26. The molecule has 0 saturated carbocycles. The molecule has 0 amide bonds. The highest BCUT2D eigenvalue weighted by molar-refractivity contribution is 7.89. The second-order valence-electron chi connectivity index (χ2n) is 6.79. The van der Waals surface area contributed by atoms with Gasteiger partial charge in [-0.1, -0.05) is 13.8 Å². The number of carbonyl (C=O) groups is 1. The normalized spacial score (nSPS) is 11.8. The number of hydrogen-bond donors (Lipinski definition) is 0. The second kappa shape index (κ2) is 8.94. The third-order valence-corrected chi connectivity index (χ3v) is 6.94. The summed E-state index contributed by atoms with van der Waals surface area (Å²) in [5.41, 5.74) is 0.273. The molecule has 31 heavy (non-hydrogen) atoms. The molecule has 0 bridgehead atoms. The van der Waals surface area contributed by atoms with Crippen LogP contribution in [0.2, 0.25) is 0 Å². The van der Waals surface area contributed by atoms with E-state index in [1.54, 1.807) is 39.1 Å². The van der Waals surface area contributed by atoms with Crippen molar-refractivity contribution in [2.45, 2.75) is 25.3 Å². The van der Waals surface area contributed by atoms with E-state index in [4.69, 9.17) is 13.9 Å². The number of rotatable bonds is 8. The van der Waals surface area contributed by atoms with Crippen molar-refractivity contribution in [3.05, 3.63) is 58.2 Å². The number of sulfonamides is 1. The summed E-state index contributed by atoms with van der Waals surface area (Å²) in [5.74, 6) is -0.186. The first-order chi connectivity index (χ1) is 14.7. The minimum atomic E-state index is -3.71. The van der Waals surface area contributed by atoms with E-state index in [9.17, 15) is 18.0 Å². The van der Waals surface area contributed by atoms with Crippen LogP contribution < -0.4 is 10.4 Å². The van der Waals surface area contributed by atoms with Gasteiger partial charge in [0, 0.05) is 49.4 Å². The maximum atomic E-state index is 12.7. The lowest BCUT2D eigenvalue weighted by molar-refractivity contribution is 0.0462. The van der Waals surface area contributed by atoms with Crippen LogP contribution in [0.15, 0.2) is 50.6 Å². The fraction of sp³-hybridized carbons (Fsp3) is 0.333. The molecule has 0 saturated heterocycles. The number of benzene rings is 1. The van der Waals surface area contributed by atoms with Gasteiger partial charge >= 0.3 is 11.6 Å². The third kappa shape index (κ3) is 4.49. The average molecular weight is 448 g/mol. The standard InChI is InChI=1S/C21H24N2O7S/c1-5-23(6-2)31(26,27)16-11-18(22(3)12-16)21(25)29-13-14-9-20(24)30-19-10-15(28-4)7-8-17(14)19/h7-12H,5-6,13H2,1-4H3. The highest BCUT2D eigenvalue weighted by atomic mass is 32.2. The molecule has 9 nitrogen and oxygen atoms in total. The Morgan fingerprint density at radius 2 is 1.87 bits per heavy atom. The van der Waals surface area contributed by atoms with E-state index >= 15 is 0 Å². The minimum absolute atomic E-state index is 0.0172. The van der Waals surface area contributed by atoms with Crippen molar-refractivity contribution < 1.29 is 27.1 Å². The van der Waals surface area contributed by atoms with Gasteiger partial charge in [-0.2, -0.15) is 4.31 Å². The molecule has 0 unspecified atom stereocenters. The Morgan fingerprint density at radius 1 is 1.16 bits per heavy atom. The fourth-order valence-electron chi connectivity index (χ4n) is 3.26. The summed E-state index contributed by atoms with van der Waals surface area (Å²) in [6, 6.07) is 7.53. The Kier molecular flexibility index (Phi) is 6.51. The van der Waals surface area contributed by atoms with Gasteiger partial charge in [-0.3, -0.25) is 0 Å². The van der Waals surface area contributed by atoms with Crippen LogP contribution in [0, 0.1) is 0 Å². The predicted octanol–water partition coefficient (Wildman–Crippen LogP) is 2.53. The van der Waals surface area contributed by atoms with Gasteiger partial charge in [0.1, 0.15) is 28.5 Å². The smallest absolute Gasteiger partial charge is 0.355 e. The SMILES string of the molecule is CCN(CC)S(=O)(=O)c1cc(C(=O)OCc2cc(=O)oc3cc(OC)ccc23)n(C)c1. The van der Waals surface area contributed by atoms with Crippen molar-refractivity contribution in [2.75, 3.05) is 20.2 Å². The van der Waals surface area contributed by atoms with Gasteiger partial charge in [-0.25, -0.2) is 18.0 Å². The number of methoxy groups -OCH3 is 1. The van der Waals surface area contributed by atoms with Crippen molar-refractivity contribution in [3.63, 3.8) is 0 Å². The van der Waals surface area contributed by atoms with E-state index in [1.807, 2.05) is 0 Å². The van der Waals surface area contributed by atoms with Gasteiger partial charge in [0.05, 0.1) is 7.11 Å². The van der Waals surface area contributed by atoms with E-state index in [0.717, 1.165) is 0 Å². The molecule has 0 atom stereocenters. The topological polar surface area (TPSA) is 108 Å². The zero-order chi connectivity index (χ0) is 22.8. The van der Waals surface area contributed by atoms with E-state index in [0.29, 0.717) is 35.4 Å². The molecule has 1 aromatic carbocycles. The number of carbonyl (C=O) groups excluding carboxylic acids is 1. The molecule has 3 rings (SSSR count). The molecule has 0 aliphatic heterocycles. The van der Waals surface area contributed by atoms with E-state index in [-0.39, 0.29) is 17.2 Å². The zero-order valence-electron chi connectivity index (χ0n) is 17.7. The van der Waals surface area contributed by atoms with E-state index in [1.165, 1.54) is 34.3 Å². The number of nitrogens with zero attached hydrogens (tertiary/aromatic N) is 2. The molecule has 0 aliphatic carbocycles. The molecule has 0 N–H and O–H groups in total. The fourth-order valence-corrected chi connectivity index (χ4v) is 4.79. The molecular formula is C21H24N2O7S. The lowest BCUT2D eigenvalue weighted by Crippen LogP contribution is -2.30. The van der Waals surface area contributed by atoms with Crippen LogP contribution in [0.3, 0.4) is 0 Å². The molecule has 2 heterocycles. The summed E-state index contributed by atoms with van der Waals surface area (Å²) in [7, 11) is -0.640. The Hall–Kier alpha value is -3.11. The lowest BCUT2D eigenvalue weighted by Gasteiger charge is -2.17. The number of aryl methyl sites for hydroxylation is 1. The van der Waals surface area contributed by atoms with Crippen LogP contribution >= 0.6 is 0 Å². The van der Waals surface area contributed by atoms with Gasteiger partial charge in [-0.15, -0.1) is 0 Å². The molecule has 2 aromatic heterocycles. The average Bonchev–Trinajstić information content (AvgIpc) is 3.14. The first kappa shape index (κ1) is 22.6. The monoisotopic (exact) mass is 448 g/mol. The van der Waals surface area contributed by atoms with Gasteiger partial charge in [0.2, 0.25) is 10.0 Å². The van der Waals surface area contributed by atoms with Crippen LogP contribution in [-0.4, -0.2) is 43.5 Å². The summed E-state index contributed by atoms with van der Waals surface area (Å²) in [5, 5.41) is 0.602. The van der Waals surface area contributed by atoms with Gasteiger partial charge < -0.3 is 18.5 Å². The van der Waals surface area contributed by atoms with Crippen LogP contribution in [0.25, 0.3) is 11.0 Å². The first-order valence-corrected chi connectivity index (χ1v) is 11.1. The molecule has 3 aromatic rings. The predicted molar refractivity (Wildman–Crippen MR) is 114 cm³/mol.